The molecule has 0 spiro atoms. The lowest BCUT2D eigenvalue weighted by Crippen LogP contribution is -2.03. The fourth-order valence-electron chi connectivity index (χ4n) is 3.83. The lowest BCUT2D eigenvalue weighted by molar-refractivity contribution is 0.104. The van der Waals surface area contributed by atoms with E-state index in [4.69, 9.17) is 18.9 Å². The molecular weight excluding hydrogens is 476 g/mol. The van der Waals surface area contributed by atoms with Gasteiger partial charge in [-0.15, -0.1) is 0 Å². The predicted molar refractivity (Wildman–Crippen MR) is 150 cm³/mol. The molecule has 38 heavy (non-hydrogen) atoms. The van der Waals surface area contributed by atoms with Gasteiger partial charge in [-0.2, -0.15) is 0 Å². The number of hydrogen-bond acceptors (Lipinski definition) is 5. The Bertz CT molecular complexity index is 1350. The minimum atomic E-state index is -0.171. The molecule has 4 rings (SSSR count). The molecule has 0 aromatic heterocycles. The van der Waals surface area contributed by atoms with E-state index < -0.39 is 0 Å². The van der Waals surface area contributed by atoms with Gasteiger partial charge in [-0.1, -0.05) is 60.7 Å². The lowest BCUT2D eigenvalue weighted by Gasteiger charge is -2.12. The summed E-state index contributed by atoms with van der Waals surface area (Å²) in [4.78, 5) is 13.1. The van der Waals surface area contributed by atoms with Gasteiger partial charge in [0.15, 0.2) is 5.78 Å². The largest absolute Gasteiger partial charge is 0.493 e. The van der Waals surface area contributed by atoms with Gasteiger partial charge in [-0.25, -0.2) is 0 Å². The van der Waals surface area contributed by atoms with Crippen molar-refractivity contribution in [1.29, 1.82) is 0 Å². The molecule has 0 atom stereocenters. The zero-order valence-corrected chi connectivity index (χ0v) is 21.8. The Balaban J connectivity index is 1.46. The third-order valence-electron chi connectivity index (χ3n) is 5.71. The fraction of sp³-hybridized carbons (Fsp3) is 0.182. The fourth-order valence-corrected chi connectivity index (χ4v) is 3.83. The molecule has 4 aromatic rings. The van der Waals surface area contributed by atoms with E-state index in [-0.39, 0.29) is 5.78 Å². The van der Waals surface area contributed by atoms with Gasteiger partial charge in [0.05, 0.1) is 18.8 Å². The Kier molecular flexibility index (Phi) is 9.57. The van der Waals surface area contributed by atoms with E-state index in [0.29, 0.717) is 55.0 Å². The van der Waals surface area contributed by atoms with Crippen LogP contribution in [-0.2, 0) is 13.2 Å². The Morgan fingerprint density at radius 3 is 1.74 bits per heavy atom. The maximum atomic E-state index is 13.1. The molecule has 0 bridgehead atoms. The maximum absolute atomic E-state index is 13.1. The van der Waals surface area contributed by atoms with Crippen molar-refractivity contribution in [2.45, 2.75) is 27.1 Å². The highest BCUT2D eigenvalue weighted by Gasteiger charge is 2.13. The van der Waals surface area contributed by atoms with Crippen molar-refractivity contribution in [3.8, 4) is 23.0 Å². The molecule has 0 heterocycles. The summed E-state index contributed by atoms with van der Waals surface area (Å²) < 4.78 is 23.4. The molecule has 4 aromatic carbocycles. The molecule has 5 heteroatoms. The molecular formula is C33H32O5. The molecule has 0 saturated carbocycles. The van der Waals surface area contributed by atoms with Crippen LogP contribution in [0.1, 0.15) is 40.9 Å². The molecule has 5 nitrogen and oxygen atoms in total. The van der Waals surface area contributed by atoms with Gasteiger partial charge >= 0.3 is 0 Å². The smallest absolute Gasteiger partial charge is 0.189 e. The second-order valence-corrected chi connectivity index (χ2v) is 8.47. The van der Waals surface area contributed by atoms with Crippen LogP contribution in [0.3, 0.4) is 0 Å². The van der Waals surface area contributed by atoms with Crippen molar-refractivity contribution in [2.24, 2.45) is 0 Å². The van der Waals surface area contributed by atoms with Crippen LogP contribution in [0.15, 0.2) is 103 Å². The molecule has 0 radical (unpaired) electrons. The number of ketones is 1. The average Bonchev–Trinajstić information content (AvgIpc) is 2.96. The summed E-state index contributed by atoms with van der Waals surface area (Å²) in [5, 5.41) is 0. The van der Waals surface area contributed by atoms with Crippen LogP contribution < -0.4 is 18.9 Å². The number of ether oxygens (including phenoxy) is 4. The van der Waals surface area contributed by atoms with Crippen LogP contribution in [0.4, 0.5) is 0 Å². The van der Waals surface area contributed by atoms with Crippen LogP contribution in [0.2, 0.25) is 0 Å². The quantitative estimate of drug-likeness (QED) is 0.138. The summed E-state index contributed by atoms with van der Waals surface area (Å²) in [6, 6.07) is 30.8. The van der Waals surface area contributed by atoms with Crippen molar-refractivity contribution >= 4 is 11.9 Å². The first kappa shape index (κ1) is 26.6. The van der Waals surface area contributed by atoms with Gasteiger partial charge in [0.1, 0.15) is 36.2 Å². The van der Waals surface area contributed by atoms with E-state index in [1.807, 2.05) is 92.7 Å². The highest BCUT2D eigenvalue weighted by molar-refractivity contribution is 6.08. The van der Waals surface area contributed by atoms with Gasteiger partial charge in [-0.3, -0.25) is 4.79 Å². The summed E-state index contributed by atoms with van der Waals surface area (Å²) in [7, 11) is 0. The molecule has 0 fully saturated rings. The van der Waals surface area contributed by atoms with Crippen molar-refractivity contribution in [3.05, 3.63) is 125 Å². The summed E-state index contributed by atoms with van der Waals surface area (Å²) >= 11 is 0. The number of carbonyl (C=O) groups is 1. The van der Waals surface area contributed by atoms with E-state index >= 15 is 0 Å². The Morgan fingerprint density at radius 2 is 1.16 bits per heavy atom. The number of benzene rings is 4. The SMILES string of the molecule is CCOc1cc(OCc2ccccc2)ccc1C=CC(=O)c1ccc(OCc2ccccc2)cc1OCC. The average molecular weight is 509 g/mol. The van der Waals surface area contributed by atoms with Crippen LogP contribution in [-0.4, -0.2) is 19.0 Å². The van der Waals surface area contributed by atoms with Gasteiger partial charge in [0.25, 0.3) is 0 Å². The molecule has 0 saturated heterocycles. The Morgan fingerprint density at radius 1 is 0.632 bits per heavy atom. The zero-order valence-electron chi connectivity index (χ0n) is 21.8. The Hall–Kier alpha value is -4.51. The predicted octanol–water partition coefficient (Wildman–Crippen LogP) is 7.54. The highest BCUT2D eigenvalue weighted by Crippen LogP contribution is 2.29. The summed E-state index contributed by atoms with van der Waals surface area (Å²) in [5.74, 6) is 2.31. The molecule has 0 aliphatic carbocycles. The zero-order chi connectivity index (χ0) is 26.6. The number of allylic oxidation sites excluding steroid dienone is 1. The molecule has 194 valence electrons. The van der Waals surface area contributed by atoms with E-state index in [2.05, 4.69) is 0 Å². The minimum absolute atomic E-state index is 0.171. The third kappa shape index (κ3) is 7.50. The molecule has 0 aliphatic rings. The first-order valence-corrected chi connectivity index (χ1v) is 12.8. The number of carbonyl (C=O) groups excluding carboxylic acids is 1. The molecule has 0 unspecified atom stereocenters. The van der Waals surface area contributed by atoms with Crippen LogP contribution in [0.25, 0.3) is 6.08 Å². The van der Waals surface area contributed by atoms with Gasteiger partial charge < -0.3 is 18.9 Å². The maximum Gasteiger partial charge on any atom is 0.189 e. The monoisotopic (exact) mass is 508 g/mol. The first-order chi connectivity index (χ1) is 18.7. The Labute approximate surface area is 224 Å². The minimum Gasteiger partial charge on any atom is -0.493 e. The molecule has 0 aliphatic heterocycles. The highest BCUT2D eigenvalue weighted by atomic mass is 16.5. The topological polar surface area (TPSA) is 54.0 Å². The summed E-state index contributed by atoms with van der Waals surface area (Å²) in [5.41, 5.74) is 3.40. The second kappa shape index (κ2) is 13.7. The number of hydrogen-bond donors (Lipinski definition) is 0. The van der Waals surface area contributed by atoms with E-state index in [1.54, 1.807) is 24.3 Å². The first-order valence-electron chi connectivity index (χ1n) is 12.8. The van der Waals surface area contributed by atoms with Gasteiger partial charge in [0, 0.05) is 17.7 Å². The standard InChI is InChI=1S/C33H32O5/c1-3-35-32-21-28(37-23-25-11-7-5-8-12-25)17-15-27(32)16-20-31(34)30-19-18-29(22-33(30)36-4-2)38-24-26-13-9-6-10-14-26/h5-22H,3-4,23-24H2,1-2H3. The van der Waals surface area contributed by atoms with Crippen LogP contribution in [0.5, 0.6) is 23.0 Å². The van der Waals surface area contributed by atoms with E-state index in [1.165, 1.54) is 6.08 Å². The molecule has 0 amide bonds. The van der Waals surface area contributed by atoms with E-state index in [9.17, 15) is 4.79 Å². The van der Waals surface area contributed by atoms with Crippen molar-refractivity contribution in [1.82, 2.24) is 0 Å². The van der Waals surface area contributed by atoms with Crippen LogP contribution >= 0.6 is 0 Å². The van der Waals surface area contributed by atoms with Crippen molar-refractivity contribution < 1.29 is 23.7 Å². The summed E-state index contributed by atoms with van der Waals surface area (Å²) in [6.07, 6.45) is 3.29. The van der Waals surface area contributed by atoms with Gasteiger partial charge in [0.2, 0.25) is 0 Å². The lowest BCUT2D eigenvalue weighted by atomic mass is 10.1. The number of rotatable bonds is 13. The normalized spacial score (nSPS) is 10.8. The summed E-state index contributed by atoms with van der Waals surface area (Å²) in [6.45, 7) is 5.64. The van der Waals surface area contributed by atoms with E-state index in [0.717, 1.165) is 16.7 Å². The van der Waals surface area contributed by atoms with Gasteiger partial charge in [-0.05, 0) is 61.4 Å². The second-order valence-electron chi connectivity index (χ2n) is 8.47. The molecule has 0 N–H and O–H groups in total. The third-order valence-corrected chi connectivity index (χ3v) is 5.71. The van der Waals surface area contributed by atoms with Crippen LogP contribution in [0, 0.1) is 0 Å². The van der Waals surface area contributed by atoms with Crippen molar-refractivity contribution in [2.75, 3.05) is 13.2 Å². The van der Waals surface area contributed by atoms with Crippen molar-refractivity contribution in [3.63, 3.8) is 0 Å².